The number of likely N-dealkylation sites (N-methyl/N-ethyl adjacent to an activating group) is 1. The van der Waals surface area contributed by atoms with Crippen molar-refractivity contribution in [1.82, 2.24) is 9.80 Å². The SMILES string of the molecule is CN1CCN(CCCc2cc(F)ccc2Oc2ccc(F)cc2)CC1. The third kappa shape index (κ3) is 5.25. The average molecular weight is 346 g/mol. The van der Waals surface area contributed by atoms with Crippen LogP contribution in [-0.2, 0) is 6.42 Å². The zero-order valence-corrected chi connectivity index (χ0v) is 14.5. The van der Waals surface area contributed by atoms with Crippen molar-refractivity contribution in [1.29, 1.82) is 0 Å². The lowest BCUT2D eigenvalue weighted by Gasteiger charge is -2.32. The van der Waals surface area contributed by atoms with Gasteiger partial charge in [-0.15, -0.1) is 0 Å². The lowest BCUT2D eigenvalue weighted by molar-refractivity contribution is 0.153. The molecular weight excluding hydrogens is 322 g/mol. The average Bonchev–Trinajstić information content (AvgIpc) is 2.61. The topological polar surface area (TPSA) is 15.7 Å². The number of nitrogens with zero attached hydrogens (tertiary/aromatic N) is 2. The second-order valence-corrected chi connectivity index (χ2v) is 6.56. The normalized spacial score (nSPS) is 16.1. The zero-order valence-electron chi connectivity index (χ0n) is 14.5. The van der Waals surface area contributed by atoms with E-state index in [0.29, 0.717) is 11.5 Å². The molecule has 1 fully saturated rings. The van der Waals surface area contributed by atoms with Crippen molar-refractivity contribution in [2.75, 3.05) is 39.8 Å². The Morgan fingerprint density at radius 3 is 2.32 bits per heavy atom. The molecule has 134 valence electrons. The van der Waals surface area contributed by atoms with Crippen molar-refractivity contribution in [2.24, 2.45) is 0 Å². The minimum Gasteiger partial charge on any atom is -0.457 e. The lowest BCUT2D eigenvalue weighted by Crippen LogP contribution is -2.44. The Hall–Kier alpha value is -1.98. The number of hydrogen-bond donors (Lipinski definition) is 0. The fourth-order valence-electron chi connectivity index (χ4n) is 3.04. The van der Waals surface area contributed by atoms with E-state index in [2.05, 4.69) is 16.8 Å². The maximum Gasteiger partial charge on any atom is 0.130 e. The van der Waals surface area contributed by atoms with Crippen LogP contribution < -0.4 is 4.74 Å². The number of rotatable bonds is 6. The first kappa shape index (κ1) is 17.8. The molecule has 1 aliphatic heterocycles. The largest absolute Gasteiger partial charge is 0.457 e. The highest BCUT2D eigenvalue weighted by atomic mass is 19.1. The third-order valence-electron chi connectivity index (χ3n) is 4.58. The van der Waals surface area contributed by atoms with E-state index < -0.39 is 0 Å². The van der Waals surface area contributed by atoms with Crippen LogP contribution in [-0.4, -0.2) is 49.6 Å². The van der Waals surface area contributed by atoms with E-state index in [-0.39, 0.29) is 11.6 Å². The van der Waals surface area contributed by atoms with Gasteiger partial charge in [0.2, 0.25) is 0 Å². The van der Waals surface area contributed by atoms with Crippen LogP contribution in [0.5, 0.6) is 11.5 Å². The maximum absolute atomic E-state index is 13.6. The van der Waals surface area contributed by atoms with E-state index in [4.69, 9.17) is 4.74 Å². The van der Waals surface area contributed by atoms with E-state index in [9.17, 15) is 8.78 Å². The summed E-state index contributed by atoms with van der Waals surface area (Å²) in [5.74, 6) is 0.611. The molecule has 0 N–H and O–H groups in total. The Balaban J connectivity index is 1.60. The van der Waals surface area contributed by atoms with Crippen molar-refractivity contribution >= 4 is 0 Å². The first-order valence-electron chi connectivity index (χ1n) is 8.73. The monoisotopic (exact) mass is 346 g/mol. The molecule has 0 aromatic heterocycles. The van der Waals surface area contributed by atoms with Gasteiger partial charge in [0.05, 0.1) is 0 Å². The van der Waals surface area contributed by atoms with E-state index in [1.54, 1.807) is 18.2 Å². The molecule has 25 heavy (non-hydrogen) atoms. The molecular formula is C20H24F2N2O. The van der Waals surface area contributed by atoms with Gasteiger partial charge in [-0.3, -0.25) is 0 Å². The van der Waals surface area contributed by atoms with Gasteiger partial charge >= 0.3 is 0 Å². The van der Waals surface area contributed by atoms with Gasteiger partial charge in [0, 0.05) is 26.2 Å². The Bertz CT molecular complexity index is 683. The highest BCUT2D eigenvalue weighted by Crippen LogP contribution is 2.27. The molecule has 3 rings (SSSR count). The third-order valence-corrected chi connectivity index (χ3v) is 4.58. The van der Waals surface area contributed by atoms with Crippen LogP contribution >= 0.6 is 0 Å². The minimum atomic E-state index is -0.307. The van der Waals surface area contributed by atoms with Gasteiger partial charge in [0.1, 0.15) is 23.1 Å². The maximum atomic E-state index is 13.6. The Morgan fingerprint density at radius 2 is 1.60 bits per heavy atom. The van der Waals surface area contributed by atoms with E-state index in [0.717, 1.165) is 51.1 Å². The number of ether oxygens (including phenoxy) is 1. The lowest BCUT2D eigenvalue weighted by atomic mass is 10.1. The smallest absolute Gasteiger partial charge is 0.130 e. The van der Waals surface area contributed by atoms with Crippen molar-refractivity contribution < 1.29 is 13.5 Å². The van der Waals surface area contributed by atoms with Crippen molar-refractivity contribution in [3.05, 3.63) is 59.7 Å². The Kier molecular flexibility index (Phi) is 6.00. The van der Waals surface area contributed by atoms with Crippen LogP contribution in [0.3, 0.4) is 0 Å². The molecule has 0 spiro atoms. The van der Waals surface area contributed by atoms with Crippen LogP contribution in [0.4, 0.5) is 8.78 Å². The second-order valence-electron chi connectivity index (χ2n) is 6.56. The number of benzene rings is 2. The molecule has 1 aliphatic rings. The molecule has 2 aromatic rings. The first-order valence-corrected chi connectivity index (χ1v) is 8.73. The fourth-order valence-corrected chi connectivity index (χ4v) is 3.04. The number of piperazine rings is 1. The first-order chi connectivity index (χ1) is 12.1. The molecule has 1 saturated heterocycles. The molecule has 0 saturated carbocycles. The van der Waals surface area contributed by atoms with Gasteiger partial charge in [0.25, 0.3) is 0 Å². The standard InChI is InChI=1S/C20H24F2N2O/c1-23-11-13-24(14-12-23)10-2-3-16-15-18(22)6-9-20(16)25-19-7-4-17(21)5-8-19/h4-9,15H,2-3,10-14H2,1H3. The fraction of sp³-hybridized carbons (Fsp3) is 0.400. The van der Waals surface area contributed by atoms with Gasteiger partial charge in [-0.2, -0.15) is 0 Å². The van der Waals surface area contributed by atoms with E-state index in [1.165, 1.54) is 24.3 Å². The van der Waals surface area contributed by atoms with Gasteiger partial charge in [-0.25, -0.2) is 8.78 Å². The second kappa shape index (κ2) is 8.41. The minimum absolute atomic E-state index is 0.263. The van der Waals surface area contributed by atoms with E-state index >= 15 is 0 Å². The van der Waals surface area contributed by atoms with Gasteiger partial charge < -0.3 is 14.5 Å². The Labute approximate surface area is 147 Å². The number of aryl methyl sites for hydroxylation is 1. The van der Waals surface area contributed by atoms with Crippen LogP contribution in [0.1, 0.15) is 12.0 Å². The molecule has 3 nitrogen and oxygen atoms in total. The molecule has 1 heterocycles. The molecule has 2 aromatic carbocycles. The van der Waals surface area contributed by atoms with Crippen LogP contribution in [0, 0.1) is 11.6 Å². The van der Waals surface area contributed by atoms with Crippen LogP contribution in [0.15, 0.2) is 42.5 Å². The molecule has 0 unspecified atom stereocenters. The van der Waals surface area contributed by atoms with Crippen molar-refractivity contribution in [2.45, 2.75) is 12.8 Å². The summed E-state index contributed by atoms with van der Waals surface area (Å²) in [5, 5.41) is 0. The number of halogens is 2. The highest BCUT2D eigenvalue weighted by molar-refractivity contribution is 5.38. The van der Waals surface area contributed by atoms with Gasteiger partial charge in [0.15, 0.2) is 0 Å². The molecule has 5 heteroatoms. The number of hydrogen-bond acceptors (Lipinski definition) is 3. The highest BCUT2D eigenvalue weighted by Gasteiger charge is 2.14. The molecule has 0 amide bonds. The summed E-state index contributed by atoms with van der Waals surface area (Å²) in [5.41, 5.74) is 0.846. The van der Waals surface area contributed by atoms with Crippen molar-refractivity contribution in [3.63, 3.8) is 0 Å². The summed E-state index contributed by atoms with van der Waals surface area (Å²) in [7, 11) is 2.14. The molecule has 0 radical (unpaired) electrons. The van der Waals surface area contributed by atoms with Crippen LogP contribution in [0.25, 0.3) is 0 Å². The van der Waals surface area contributed by atoms with Gasteiger partial charge in [-0.05, 0) is 74.5 Å². The molecule has 0 bridgehead atoms. The predicted molar refractivity (Wildman–Crippen MR) is 95.1 cm³/mol. The summed E-state index contributed by atoms with van der Waals surface area (Å²) in [4.78, 5) is 4.78. The summed E-state index contributed by atoms with van der Waals surface area (Å²) in [6.45, 7) is 5.36. The Morgan fingerprint density at radius 1 is 0.920 bits per heavy atom. The molecule has 0 atom stereocenters. The summed E-state index contributed by atoms with van der Waals surface area (Å²) < 4.78 is 32.5. The summed E-state index contributed by atoms with van der Waals surface area (Å²) >= 11 is 0. The van der Waals surface area contributed by atoms with E-state index in [1.807, 2.05) is 0 Å². The quantitative estimate of drug-likeness (QED) is 0.788. The van der Waals surface area contributed by atoms with Crippen LogP contribution in [0.2, 0.25) is 0 Å². The summed E-state index contributed by atoms with van der Waals surface area (Å²) in [6, 6.07) is 10.4. The van der Waals surface area contributed by atoms with Crippen molar-refractivity contribution in [3.8, 4) is 11.5 Å². The predicted octanol–water partition coefficient (Wildman–Crippen LogP) is 3.94. The summed E-state index contributed by atoms with van der Waals surface area (Å²) in [6.07, 6.45) is 1.70. The molecule has 0 aliphatic carbocycles. The van der Waals surface area contributed by atoms with Gasteiger partial charge in [-0.1, -0.05) is 0 Å². The zero-order chi connectivity index (χ0) is 17.6.